The Morgan fingerprint density at radius 2 is 1.85 bits per heavy atom. The van der Waals surface area contributed by atoms with Gasteiger partial charge in [-0.3, -0.25) is 9.59 Å². The zero-order valence-electron chi connectivity index (χ0n) is 12.1. The van der Waals surface area contributed by atoms with Gasteiger partial charge in [0.25, 0.3) is 5.91 Å². The number of aromatic amines is 1. The van der Waals surface area contributed by atoms with Crippen LogP contribution in [0.3, 0.4) is 0 Å². The summed E-state index contributed by atoms with van der Waals surface area (Å²) in [7, 11) is 0. The Hall–Kier alpha value is -1.58. The molecule has 1 amide bonds. The van der Waals surface area contributed by atoms with Crippen molar-refractivity contribution in [2.45, 2.75) is 45.4 Å². The topological polar surface area (TPSA) is 53.2 Å². The number of pyridine rings is 1. The van der Waals surface area contributed by atoms with E-state index in [0.717, 1.165) is 31.5 Å². The predicted molar refractivity (Wildman–Crippen MR) is 77.8 cm³/mol. The van der Waals surface area contributed by atoms with E-state index in [1.165, 1.54) is 31.7 Å². The molecule has 1 aliphatic carbocycles. The maximum atomic E-state index is 12.5. The molecule has 0 unspecified atom stereocenters. The number of hydrogen-bond donors (Lipinski definition) is 1. The van der Waals surface area contributed by atoms with Gasteiger partial charge in [0, 0.05) is 25.4 Å². The van der Waals surface area contributed by atoms with Gasteiger partial charge in [-0.25, -0.2) is 0 Å². The molecule has 0 aromatic carbocycles. The summed E-state index contributed by atoms with van der Waals surface area (Å²) in [6, 6.07) is 1.50. The summed E-state index contributed by atoms with van der Waals surface area (Å²) in [6.07, 6.45) is 9.22. The molecule has 4 nitrogen and oxygen atoms in total. The Kier molecular flexibility index (Phi) is 3.40. The number of piperidine rings is 1. The number of aryl methyl sites for hydroxylation is 1. The molecule has 1 aromatic heterocycles. The van der Waals surface area contributed by atoms with Crippen molar-refractivity contribution in [2.75, 3.05) is 13.1 Å². The second kappa shape index (κ2) is 5.08. The first kappa shape index (κ1) is 13.4. The van der Waals surface area contributed by atoms with Crippen LogP contribution < -0.4 is 5.56 Å². The molecular weight excluding hydrogens is 252 g/mol. The summed E-state index contributed by atoms with van der Waals surface area (Å²) in [4.78, 5) is 28.3. The summed E-state index contributed by atoms with van der Waals surface area (Å²) >= 11 is 0. The summed E-state index contributed by atoms with van der Waals surface area (Å²) in [5.41, 5.74) is 1.77. The molecule has 1 saturated carbocycles. The van der Waals surface area contributed by atoms with Crippen LogP contribution in [0.1, 0.15) is 54.4 Å². The minimum Gasteiger partial charge on any atom is -0.339 e. The fraction of sp³-hybridized carbons (Fsp3) is 0.625. The normalized spacial score (nSPS) is 21.4. The second-order valence-corrected chi connectivity index (χ2v) is 6.39. The summed E-state index contributed by atoms with van der Waals surface area (Å²) in [5.74, 6) is 0.0617. The lowest BCUT2D eigenvalue weighted by Gasteiger charge is -2.39. The van der Waals surface area contributed by atoms with Gasteiger partial charge >= 0.3 is 0 Å². The molecule has 3 rings (SSSR count). The van der Waals surface area contributed by atoms with Crippen LogP contribution >= 0.6 is 0 Å². The molecule has 4 heteroatoms. The van der Waals surface area contributed by atoms with Crippen molar-refractivity contribution < 1.29 is 4.79 Å². The molecule has 0 bridgehead atoms. The minimum absolute atomic E-state index is 0.0617. The average Bonchev–Trinajstić information content (AvgIpc) is 2.87. The number of likely N-dealkylation sites (tertiary alicyclic amines) is 1. The summed E-state index contributed by atoms with van der Waals surface area (Å²) < 4.78 is 0. The average molecular weight is 274 g/mol. The second-order valence-electron chi connectivity index (χ2n) is 6.39. The lowest BCUT2D eigenvalue weighted by molar-refractivity contribution is 0.0586. The van der Waals surface area contributed by atoms with Crippen LogP contribution in [0.5, 0.6) is 0 Å². The van der Waals surface area contributed by atoms with E-state index in [2.05, 4.69) is 4.98 Å². The van der Waals surface area contributed by atoms with Crippen molar-refractivity contribution in [1.82, 2.24) is 9.88 Å². The van der Waals surface area contributed by atoms with Crippen molar-refractivity contribution in [2.24, 2.45) is 5.41 Å². The number of amides is 1. The number of nitrogens with zero attached hydrogens (tertiary/aromatic N) is 1. The quantitative estimate of drug-likeness (QED) is 0.855. The third kappa shape index (κ3) is 2.39. The van der Waals surface area contributed by atoms with Crippen LogP contribution in [0.4, 0.5) is 0 Å². The van der Waals surface area contributed by atoms with Gasteiger partial charge in [-0.2, -0.15) is 0 Å². The fourth-order valence-electron chi connectivity index (χ4n) is 3.78. The predicted octanol–water partition coefficient (Wildman–Crippen LogP) is 2.48. The molecule has 2 fully saturated rings. The van der Waals surface area contributed by atoms with E-state index in [9.17, 15) is 9.59 Å². The monoisotopic (exact) mass is 274 g/mol. The number of carbonyl (C=O) groups excluding carboxylic acids is 1. The Morgan fingerprint density at radius 1 is 1.20 bits per heavy atom. The first-order valence-corrected chi connectivity index (χ1v) is 7.58. The summed E-state index contributed by atoms with van der Waals surface area (Å²) in [5, 5.41) is 0. The maximum Gasteiger partial charge on any atom is 0.255 e. The number of aromatic nitrogens is 1. The van der Waals surface area contributed by atoms with Crippen molar-refractivity contribution in [1.29, 1.82) is 0 Å². The number of nitrogens with one attached hydrogen (secondary N) is 1. The first-order valence-electron chi connectivity index (χ1n) is 7.58. The highest BCUT2D eigenvalue weighted by Gasteiger charge is 2.38. The van der Waals surface area contributed by atoms with E-state index in [4.69, 9.17) is 0 Å². The van der Waals surface area contributed by atoms with Crippen LogP contribution in [0.25, 0.3) is 0 Å². The Labute approximate surface area is 119 Å². The van der Waals surface area contributed by atoms with E-state index in [0.29, 0.717) is 11.0 Å². The minimum atomic E-state index is -0.150. The van der Waals surface area contributed by atoms with Gasteiger partial charge in [-0.1, -0.05) is 12.8 Å². The first-order chi connectivity index (χ1) is 9.60. The molecule has 1 spiro atoms. The van der Waals surface area contributed by atoms with Crippen molar-refractivity contribution in [3.8, 4) is 0 Å². The maximum absolute atomic E-state index is 12.5. The number of rotatable bonds is 1. The van der Waals surface area contributed by atoms with Crippen LogP contribution in [0, 0.1) is 12.3 Å². The van der Waals surface area contributed by atoms with Gasteiger partial charge in [0.2, 0.25) is 5.56 Å². The zero-order chi connectivity index (χ0) is 14.2. The van der Waals surface area contributed by atoms with Crippen molar-refractivity contribution in [3.63, 3.8) is 0 Å². The molecule has 1 saturated heterocycles. The van der Waals surface area contributed by atoms with Crippen molar-refractivity contribution in [3.05, 3.63) is 33.7 Å². The number of hydrogen-bond acceptors (Lipinski definition) is 2. The highest BCUT2D eigenvalue weighted by molar-refractivity contribution is 5.95. The molecule has 2 heterocycles. The van der Waals surface area contributed by atoms with Crippen LogP contribution in [-0.2, 0) is 0 Å². The van der Waals surface area contributed by atoms with E-state index in [-0.39, 0.29) is 11.5 Å². The largest absolute Gasteiger partial charge is 0.339 e. The molecule has 1 aliphatic heterocycles. The molecule has 20 heavy (non-hydrogen) atoms. The molecule has 1 N–H and O–H groups in total. The van der Waals surface area contributed by atoms with Gasteiger partial charge in [-0.15, -0.1) is 0 Å². The van der Waals surface area contributed by atoms with Gasteiger partial charge in [0.05, 0.1) is 5.56 Å². The molecule has 0 radical (unpaired) electrons. The van der Waals surface area contributed by atoms with Crippen LogP contribution in [-0.4, -0.2) is 28.9 Å². The van der Waals surface area contributed by atoms with E-state index >= 15 is 0 Å². The SMILES string of the molecule is Cc1cc(=O)[nH]cc1C(=O)N1CCC2(CCCC2)CC1. The highest BCUT2D eigenvalue weighted by atomic mass is 16.2. The van der Waals surface area contributed by atoms with E-state index in [1.807, 2.05) is 11.8 Å². The third-order valence-electron chi connectivity index (χ3n) is 5.14. The molecule has 0 atom stereocenters. The molecule has 2 aliphatic rings. The van der Waals surface area contributed by atoms with E-state index in [1.54, 1.807) is 6.20 Å². The van der Waals surface area contributed by atoms with E-state index < -0.39 is 0 Å². The lowest BCUT2D eigenvalue weighted by atomic mass is 9.77. The molecule has 108 valence electrons. The zero-order valence-corrected chi connectivity index (χ0v) is 12.1. The molecule has 1 aromatic rings. The van der Waals surface area contributed by atoms with Gasteiger partial charge in [0.15, 0.2) is 0 Å². The van der Waals surface area contributed by atoms with Gasteiger partial charge < -0.3 is 9.88 Å². The smallest absolute Gasteiger partial charge is 0.255 e. The Morgan fingerprint density at radius 3 is 2.45 bits per heavy atom. The van der Waals surface area contributed by atoms with Crippen LogP contribution in [0.15, 0.2) is 17.1 Å². The van der Waals surface area contributed by atoms with Crippen molar-refractivity contribution >= 4 is 5.91 Å². The summed E-state index contributed by atoms with van der Waals surface area (Å²) in [6.45, 7) is 3.54. The van der Waals surface area contributed by atoms with Crippen LogP contribution in [0.2, 0.25) is 0 Å². The number of H-pyrrole nitrogens is 1. The van der Waals surface area contributed by atoms with Gasteiger partial charge in [0.1, 0.15) is 0 Å². The number of carbonyl (C=O) groups is 1. The lowest BCUT2D eigenvalue weighted by Crippen LogP contribution is -2.42. The van der Waals surface area contributed by atoms with Gasteiger partial charge in [-0.05, 0) is 43.6 Å². The third-order valence-corrected chi connectivity index (χ3v) is 5.14. The standard InChI is InChI=1S/C16H22N2O2/c1-12-10-14(19)17-11-13(12)15(20)18-8-6-16(7-9-18)4-2-3-5-16/h10-11H,2-9H2,1H3,(H,17,19). The Balaban J connectivity index is 1.71. The highest BCUT2D eigenvalue weighted by Crippen LogP contribution is 2.46. The molecular formula is C16H22N2O2. The Bertz CT molecular complexity index is 560. The fourth-order valence-corrected chi connectivity index (χ4v) is 3.78.